The smallest absolute Gasteiger partial charge is 0.186 e. The second-order valence-corrected chi connectivity index (χ2v) is 7.59. The lowest BCUT2D eigenvalue weighted by Crippen LogP contribution is -2.59. The Morgan fingerprint density at radius 2 is 1.68 bits per heavy atom. The van der Waals surface area contributed by atoms with E-state index in [4.69, 9.17) is 14.2 Å². The molecular formula is C23H29FO7. The number of halogens is 1. The highest BCUT2D eigenvalue weighted by Crippen LogP contribution is 2.22. The molecule has 1 aliphatic rings. The molecule has 7 nitrogen and oxygen atoms in total. The summed E-state index contributed by atoms with van der Waals surface area (Å²) in [4.78, 5) is 0. The van der Waals surface area contributed by atoms with Gasteiger partial charge in [-0.25, -0.2) is 4.39 Å². The van der Waals surface area contributed by atoms with E-state index >= 15 is 0 Å². The minimum Gasteiger partial charge on any atom is -0.489 e. The van der Waals surface area contributed by atoms with Gasteiger partial charge in [0.05, 0.1) is 6.61 Å². The first-order chi connectivity index (χ1) is 15.0. The van der Waals surface area contributed by atoms with Crippen LogP contribution in [0.25, 0.3) is 0 Å². The van der Waals surface area contributed by atoms with Crippen molar-refractivity contribution < 1.29 is 39.0 Å². The standard InChI is InChI=1S/C23H29FO7/c24-17-6-3-5-16(12-17)14-30-18-9-7-15(8-10-18)4-1-2-11-29-23-22(28)21(27)20(26)19(13-25)31-23/h3,5-10,12,19-23,25-28H,1-2,4,11,13-14H2. The highest BCUT2D eigenvalue weighted by Gasteiger charge is 2.43. The number of unbranched alkanes of at least 4 members (excludes halogenated alkanes) is 1. The van der Waals surface area contributed by atoms with Crippen LogP contribution in [0.5, 0.6) is 5.75 Å². The van der Waals surface area contributed by atoms with E-state index in [1.54, 1.807) is 6.07 Å². The maximum Gasteiger partial charge on any atom is 0.186 e. The fourth-order valence-electron chi connectivity index (χ4n) is 3.38. The SMILES string of the molecule is OCC1OC(OCCCCc2ccc(OCc3cccc(F)c3)cc2)C(O)C(O)C1O. The molecule has 0 bridgehead atoms. The molecule has 1 heterocycles. The van der Waals surface area contributed by atoms with Gasteiger partial charge in [0.25, 0.3) is 0 Å². The Labute approximate surface area is 180 Å². The van der Waals surface area contributed by atoms with E-state index in [1.165, 1.54) is 12.1 Å². The third kappa shape index (κ3) is 6.70. The second kappa shape index (κ2) is 11.5. The van der Waals surface area contributed by atoms with Crippen LogP contribution >= 0.6 is 0 Å². The molecule has 0 spiro atoms. The third-order valence-corrected chi connectivity index (χ3v) is 5.21. The number of hydrogen-bond acceptors (Lipinski definition) is 7. The topological polar surface area (TPSA) is 109 Å². The molecule has 2 aromatic carbocycles. The van der Waals surface area contributed by atoms with Crippen LogP contribution in [-0.2, 0) is 22.5 Å². The zero-order valence-electron chi connectivity index (χ0n) is 17.1. The van der Waals surface area contributed by atoms with Crippen molar-refractivity contribution in [2.45, 2.75) is 56.6 Å². The average molecular weight is 436 g/mol. The third-order valence-electron chi connectivity index (χ3n) is 5.21. The molecule has 8 heteroatoms. The van der Waals surface area contributed by atoms with Crippen LogP contribution in [0.1, 0.15) is 24.0 Å². The monoisotopic (exact) mass is 436 g/mol. The number of hydrogen-bond donors (Lipinski definition) is 4. The van der Waals surface area contributed by atoms with Gasteiger partial charge in [-0.15, -0.1) is 0 Å². The van der Waals surface area contributed by atoms with E-state index < -0.39 is 37.3 Å². The summed E-state index contributed by atoms with van der Waals surface area (Å²) in [5, 5.41) is 38.6. The highest BCUT2D eigenvalue weighted by atomic mass is 19.1. The van der Waals surface area contributed by atoms with E-state index in [0.29, 0.717) is 25.4 Å². The lowest BCUT2D eigenvalue weighted by molar-refractivity contribution is -0.301. The summed E-state index contributed by atoms with van der Waals surface area (Å²) in [5.41, 5.74) is 1.90. The Bertz CT molecular complexity index is 799. The van der Waals surface area contributed by atoms with E-state index in [-0.39, 0.29) is 5.82 Å². The Balaban J connectivity index is 1.35. The van der Waals surface area contributed by atoms with Crippen LogP contribution in [0.3, 0.4) is 0 Å². The lowest BCUT2D eigenvalue weighted by Gasteiger charge is -2.39. The number of aliphatic hydroxyl groups is 4. The quantitative estimate of drug-likeness (QED) is 0.419. The molecular weight excluding hydrogens is 407 g/mol. The van der Waals surface area contributed by atoms with Crippen LogP contribution in [0.4, 0.5) is 4.39 Å². The van der Waals surface area contributed by atoms with Crippen molar-refractivity contribution in [3.8, 4) is 5.75 Å². The van der Waals surface area contributed by atoms with Crippen LogP contribution in [0.15, 0.2) is 48.5 Å². The van der Waals surface area contributed by atoms with Gasteiger partial charge < -0.3 is 34.6 Å². The zero-order valence-corrected chi connectivity index (χ0v) is 17.1. The van der Waals surface area contributed by atoms with Crippen molar-refractivity contribution in [3.63, 3.8) is 0 Å². The van der Waals surface area contributed by atoms with E-state index in [0.717, 1.165) is 24.0 Å². The summed E-state index contributed by atoms with van der Waals surface area (Å²) in [6.45, 7) is 0.122. The Hall–Kier alpha value is -2.07. The minimum absolute atomic E-state index is 0.285. The second-order valence-electron chi connectivity index (χ2n) is 7.59. The van der Waals surface area contributed by atoms with Crippen LogP contribution in [-0.4, -0.2) is 64.3 Å². The van der Waals surface area contributed by atoms with Crippen LogP contribution in [0.2, 0.25) is 0 Å². The van der Waals surface area contributed by atoms with Crippen molar-refractivity contribution >= 4 is 0 Å². The Kier molecular flexibility index (Phi) is 8.77. The first kappa shape index (κ1) is 23.6. The molecule has 2 aromatic rings. The average Bonchev–Trinajstić information content (AvgIpc) is 2.78. The molecule has 170 valence electrons. The first-order valence-electron chi connectivity index (χ1n) is 10.4. The van der Waals surface area contributed by atoms with E-state index in [9.17, 15) is 24.8 Å². The summed E-state index contributed by atoms with van der Waals surface area (Å²) in [6.07, 6.45) is -3.90. The molecule has 5 atom stereocenters. The van der Waals surface area contributed by atoms with Gasteiger partial charge in [0.1, 0.15) is 42.6 Å². The number of ether oxygens (including phenoxy) is 3. The van der Waals surface area contributed by atoms with Crippen LogP contribution in [0, 0.1) is 5.82 Å². The fourth-order valence-corrected chi connectivity index (χ4v) is 3.38. The lowest BCUT2D eigenvalue weighted by atomic mass is 9.99. The molecule has 1 fully saturated rings. The highest BCUT2D eigenvalue weighted by molar-refractivity contribution is 5.28. The maximum absolute atomic E-state index is 13.2. The van der Waals surface area contributed by atoms with Crippen molar-refractivity contribution in [2.24, 2.45) is 0 Å². The maximum atomic E-state index is 13.2. The summed E-state index contributed by atoms with van der Waals surface area (Å²) in [5.74, 6) is 0.422. The molecule has 0 aromatic heterocycles. The van der Waals surface area contributed by atoms with Crippen molar-refractivity contribution in [1.29, 1.82) is 0 Å². The van der Waals surface area contributed by atoms with E-state index in [2.05, 4.69) is 0 Å². The van der Waals surface area contributed by atoms with Gasteiger partial charge in [0.15, 0.2) is 6.29 Å². The van der Waals surface area contributed by atoms with Crippen molar-refractivity contribution in [2.75, 3.05) is 13.2 Å². The number of aryl methyl sites for hydroxylation is 1. The molecule has 0 radical (unpaired) electrons. The molecule has 3 rings (SSSR count). The van der Waals surface area contributed by atoms with Gasteiger partial charge in [-0.1, -0.05) is 24.3 Å². The molecule has 1 aliphatic heterocycles. The minimum atomic E-state index is -1.43. The number of aliphatic hydroxyl groups excluding tert-OH is 4. The van der Waals surface area contributed by atoms with Crippen molar-refractivity contribution in [1.82, 2.24) is 0 Å². The van der Waals surface area contributed by atoms with Gasteiger partial charge in [-0.2, -0.15) is 0 Å². The van der Waals surface area contributed by atoms with E-state index in [1.807, 2.05) is 30.3 Å². The Morgan fingerprint density at radius 1 is 0.903 bits per heavy atom. The molecule has 1 saturated heterocycles. The zero-order chi connectivity index (χ0) is 22.2. The predicted octanol–water partition coefficient (Wildman–Crippen LogP) is 1.54. The molecule has 0 saturated carbocycles. The molecule has 31 heavy (non-hydrogen) atoms. The van der Waals surface area contributed by atoms with Gasteiger partial charge in [-0.3, -0.25) is 0 Å². The van der Waals surface area contributed by atoms with Gasteiger partial charge in [0.2, 0.25) is 0 Å². The molecule has 0 amide bonds. The number of benzene rings is 2. The predicted molar refractivity (Wildman–Crippen MR) is 110 cm³/mol. The summed E-state index contributed by atoms with van der Waals surface area (Å²) in [6, 6.07) is 14.0. The van der Waals surface area contributed by atoms with Crippen LogP contribution < -0.4 is 4.74 Å². The number of rotatable bonds is 10. The molecule has 4 N–H and O–H groups in total. The summed E-state index contributed by atoms with van der Waals surface area (Å²) < 4.78 is 29.7. The summed E-state index contributed by atoms with van der Waals surface area (Å²) >= 11 is 0. The fraction of sp³-hybridized carbons (Fsp3) is 0.478. The van der Waals surface area contributed by atoms with Gasteiger partial charge in [-0.05, 0) is 54.7 Å². The Morgan fingerprint density at radius 3 is 2.39 bits per heavy atom. The van der Waals surface area contributed by atoms with Gasteiger partial charge in [0, 0.05) is 6.61 Å². The largest absolute Gasteiger partial charge is 0.489 e. The summed E-state index contributed by atoms with van der Waals surface area (Å²) in [7, 11) is 0. The molecule has 5 unspecified atom stereocenters. The molecule has 0 aliphatic carbocycles. The normalized spacial score (nSPS) is 26.0. The first-order valence-corrected chi connectivity index (χ1v) is 10.4. The van der Waals surface area contributed by atoms with Crippen molar-refractivity contribution in [3.05, 3.63) is 65.5 Å². The van der Waals surface area contributed by atoms with Gasteiger partial charge >= 0.3 is 0 Å².